The van der Waals surface area contributed by atoms with Gasteiger partial charge in [-0.15, -0.1) is 0 Å². The van der Waals surface area contributed by atoms with Crippen molar-refractivity contribution in [3.05, 3.63) is 78.4 Å². The lowest BCUT2D eigenvalue weighted by atomic mass is 10.2. The Hall–Kier alpha value is -3.27. The van der Waals surface area contributed by atoms with Gasteiger partial charge in [0.2, 0.25) is 0 Å². The lowest BCUT2D eigenvalue weighted by molar-refractivity contribution is 0.288. The van der Waals surface area contributed by atoms with Crippen LogP contribution in [0.15, 0.2) is 77.8 Å². The normalized spacial score (nSPS) is 10.7. The molecule has 0 atom stereocenters. The fraction of sp³-hybridized carbons (Fsp3) is 0.174. The predicted molar refractivity (Wildman–Crippen MR) is 109 cm³/mol. The molecule has 0 unspecified atom stereocenters. The van der Waals surface area contributed by atoms with Gasteiger partial charge in [0, 0.05) is 6.21 Å². The number of rotatable bonds is 8. The van der Waals surface area contributed by atoms with Gasteiger partial charge < -0.3 is 14.2 Å². The Morgan fingerprint density at radius 2 is 1.41 bits per heavy atom. The smallest absolute Gasteiger partial charge is 0.161 e. The van der Waals surface area contributed by atoms with E-state index in [4.69, 9.17) is 14.2 Å². The standard InChI is InChI=1S/C23H23NO3/c1-3-25-22-15-10-18(16-23(22)26-4-2)17-24-19-11-13-21(14-12-19)27-20-8-6-5-7-9-20/h5-17H,3-4H2,1-2H3. The van der Waals surface area contributed by atoms with Crippen LogP contribution in [0, 0.1) is 0 Å². The molecular weight excluding hydrogens is 338 g/mol. The molecule has 4 nitrogen and oxygen atoms in total. The number of hydrogen-bond donors (Lipinski definition) is 0. The number of benzene rings is 3. The molecule has 0 saturated heterocycles. The minimum atomic E-state index is 0.587. The highest BCUT2D eigenvalue weighted by Gasteiger charge is 2.05. The summed E-state index contributed by atoms with van der Waals surface area (Å²) in [5.74, 6) is 3.07. The van der Waals surface area contributed by atoms with Crippen molar-refractivity contribution < 1.29 is 14.2 Å². The third-order valence-electron chi connectivity index (χ3n) is 3.75. The van der Waals surface area contributed by atoms with Crippen molar-refractivity contribution >= 4 is 11.9 Å². The van der Waals surface area contributed by atoms with Gasteiger partial charge in [0.05, 0.1) is 18.9 Å². The van der Waals surface area contributed by atoms with Crippen LogP contribution in [0.5, 0.6) is 23.0 Å². The van der Waals surface area contributed by atoms with Gasteiger partial charge in [-0.2, -0.15) is 0 Å². The van der Waals surface area contributed by atoms with Gasteiger partial charge in [0.1, 0.15) is 11.5 Å². The molecule has 0 N–H and O–H groups in total. The minimum Gasteiger partial charge on any atom is -0.490 e. The van der Waals surface area contributed by atoms with Crippen molar-refractivity contribution in [3.8, 4) is 23.0 Å². The third kappa shape index (κ3) is 5.35. The van der Waals surface area contributed by atoms with Crippen LogP contribution in [0.2, 0.25) is 0 Å². The van der Waals surface area contributed by atoms with Gasteiger partial charge in [-0.3, -0.25) is 4.99 Å². The van der Waals surface area contributed by atoms with E-state index in [1.54, 1.807) is 0 Å². The third-order valence-corrected chi connectivity index (χ3v) is 3.75. The van der Waals surface area contributed by atoms with Gasteiger partial charge in [-0.05, 0) is 74.0 Å². The Morgan fingerprint density at radius 1 is 0.741 bits per heavy atom. The first-order valence-corrected chi connectivity index (χ1v) is 9.05. The highest BCUT2D eigenvalue weighted by Crippen LogP contribution is 2.28. The number of hydrogen-bond acceptors (Lipinski definition) is 4. The first-order chi connectivity index (χ1) is 13.3. The topological polar surface area (TPSA) is 40.0 Å². The van der Waals surface area contributed by atoms with E-state index in [2.05, 4.69) is 4.99 Å². The number of nitrogens with zero attached hydrogens (tertiary/aromatic N) is 1. The lowest BCUT2D eigenvalue weighted by Gasteiger charge is -2.11. The molecule has 0 aliphatic rings. The monoisotopic (exact) mass is 361 g/mol. The van der Waals surface area contributed by atoms with Crippen LogP contribution in [0.1, 0.15) is 19.4 Å². The molecular formula is C23H23NO3. The summed E-state index contributed by atoms with van der Waals surface area (Å²) in [7, 11) is 0. The van der Waals surface area contributed by atoms with Gasteiger partial charge in [0.25, 0.3) is 0 Å². The van der Waals surface area contributed by atoms with E-state index in [0.717, 1.165) is 34.2 Å². The van der Waals surface area contributed by atoms with Crippen molar-refractivity contribution in [3.63, 3.8) is 0 Å². The second-order valence-electron chi connectivity index (χ2n) is 5.74. The average molecular weight is 361 g/mol. The largest absolute Gasteiger partial charge is 0.490 e. The summed E-state index contributed by atoms with van der Waals surface area (Å²) in [6, 6.07) is 23.2. The molecule has 138 valence electrons. The predicted octanol–water partition coefficient (Wildman–Crippen LogP) is 6.03. The summed E-state index contributed by atoms with van der Waals surface area (Å²) in [6.45, 7) is 5.10. The molecule has 0 heterocycles. The van der Waals surface area contributed by atoms with Crippen molar-refractivity contribution in [1.82, 2.24) is 0 Å². The molecule has 0 aromatic heterocycles. The maximum atomic E-state index is 5.79. The first kappa shape index (κ1) is 18.5. The molecule has 0 aliphatic heterocycles. The van der Waals surface area contributed by atoms with E-state index >= 15 is 0 Å². The Labute approximate surface area is 160 Å². The van der Waals surface area contributed by atoms with Crippen molar-refractivity contribution in [2.75, 3.05) is 13.2 Å². The molecule has 0 saturated carbocycles. The van der Waals surface area contributed by atoms with Crippen LogP contribution >= 0.6 is 0 Å². The van der Waals surface area contributed by atoms with Crippen LogP contribution in [0.4, 0.5) is 5.69 Å². The molecule has 0 fully saturated rings. The summed E-state index contributed by atoms with van der Waals surface area (Å²) >= 11 is 0. The molecule has 27 heavy (non-hydrogen) atoms. The molecule has 3 rings (SSSR count). The zero-order valence-corrected chi connectivity index (χ0v) is 15.6. The van der Waals surface area contributed by atoms with E-state index in [1.165, 1.54) is 0 Å². The average Bonchev–Trinajstić information content (AvgIpc) is 2.70. The number of ether oxygens (including phenoxy) is 3. The van der Waals surface area contributed by atoms with E-state index < -0.39 is 0 Å². The summed E-state index contributed by atoms with van der Waals surface area (Å²) in [6.07, 6.45) is 1.81. The summed E-state index contributed by atoms with van der Waals surface area (Å²) in [4.78, 5) is 4.52. The van der Waals surface area contributed by atoms with Crippen molar-refractivity contribution in [2.45, 2.75) is 13.8 Å². The van der Waals surface area contributed by atoms with Crippen molar-refractivity contribution in [1.29, 1.82) is 0 Å². The fourth-order valence-electron chi connectivity index (χ4n) is 2.52. The quantitative estimate of drug-likeness (QED) is 0.460. The number of para-hydroxylation sites is 1. The number of aliphatic imine (C=N–C) groups is 1. The van der Waals surface area contributed by atoms with Crippen LogP contribution in [-0.4, -0.2) is 19.4 Å². The molecule has 0 spiro atoms. The highest BCUT2D eigenvalue weighted by atomic mass is 16.5. The zero-order chi connectivity index (χ0) is 18.9. The van der Waals surface area contributed by atoms with Crippen LogP contribution < -0.4 is 14.2 Å². The maximum Gasteiger partial charge on any atom is 0.161 e. The Morgan fingerprint density at radius 3 is 2.11 bits per heavy atom. The van der Waals surface area contributed by atoms with E-state index in [9.17, 15) is 0 Å². The molecule has 4 heteroatoms. The van der Waals surface area contributed by atoms with Gasteiger partial charge >= 0.3 is 0 Å². The fourth-order valence-corrected chi connectivity index (χ4v) is 2.52. The van der Waals surface area contributed by atoms with Crippen LogP contribution in [0.25, 0.3) is 0 Å². The lowest BCUT2D eigenvalue weighted by Crippen LogP contribution is -1.99. The van der Waals surface area contributed by atoms with Gasteiger partial charge in [-0.1, -0.05) is 18.2 Å². The molecule has 0 radical (unpaired) electrons. The van der Waals surface area contributed by atoms with E-state index in [1.807, 2.05) is 92.9 Å². The van der Waals surface area contributed by atoms with Crippen LogP contribution in [0.3, 0.4) is 0 Å². The Balaban J connectivity index is 1.69. The van der Waals surface area contributed by atoms with Crippen molar-refractivity contribution in [2.24, 2.45) is 4.99 Å². The molecule has 3 aromatic carbocycles. The second-order valence-corrected chi connectivity index (χ2v) is 5.74. The summed E-state index contributed by atoms with van der Waals surface area (Å²) in [5, 5.41) is 0. The van der Waals surface area contributed by atoms with Gasteiger partial charge in [-0.25, -0.2) is 0 Å². The van der Waals surface area contributed by atoms with E-state index in [0.29, 0.717) is 13.2 Å². The Kier molecular flexibility index (Phi) is 6.47. The molecule has 0 aliphatic carbocycles. The molecule has 3 aromatic rings. The van der Waals surface area contributed by atoms with E-state index in [-0.39, 0.29) is 0 Å². The van der Waals surface area contributed by atoms with Crippen LogP contribution in [-0.2, 0) is 0 Å². The minimum absolute atomic E-state index is 0.587. The highest BCUT2D eigenvalue weighted by molar-refractivity contribution is 5.83. The molecule has 0 amide bonds. The Bertz CT molecular complexity index is 874. The first-order valence-electron chi connectivity index (χ1n) is 9.05. The summed E-state index contributed by atoms with van der Waals surface area (Å²) in [5.41, 5.74) is 1.80. The molecule has 0 bridgehead atoms. The second kappa shape index (κ2) is 9.43. The van der Waals surface area contributed by atoms with Gasteiger partial charge in [0.15, 0.2) is 11.5 Å². The summed E-state index contributed by atoms with van der Waals surface area (Å²) < 4.78 is 17.0. The zero-order valence-electron chi connectivity index (χ0n) is 15.6. The SMILES string of the molecule is CCOc1ccc(C=Nc2ccc(Oc3ccccc3)cc2)cc1OCC. The maximum absolute atomic E-state index is 5.79.